The zero-order chi connectivity index (χ0) is 24.1. The van der Waals surface area contributed by atoms with Gasteiger partial charge in [0.25, 0.3) is 5.56 Å². The first-order chi connectivity index (χ1) is 16.4. The van der Waals surface area contributed by atoms with Crippen LogP contribution >= 0.6 is 12.2 Å². The van der Waals surface area contributed by atoms with Gasteiger partial charge in [-0.25, -0.2) is 0 Å². The Labute approximate surface area is 204 Å². The summed E-state index contributed by atoms with van der Waals surface area (Å²) in [7, 11) is 3.25. The topological polar surface area (TPSA) is 66.6 Å². The minimum Gasteiger partial charge on any atom is -0.497 e. The van der Waals surface area contributed by atoms with E-state index < -0.39 is 0 Å². The van der Waals surface area contributed by atoms with Crippen molar-refractivity contribution in [2.24, 2.45) is 0 Å². The molecule has 3 aromatic carbocycles. The second-order valence-electron chi connectivity index (χ2n) is 8.08. The third-order valence-corrected chi connectivity index (χ3v) is 5.94. The van der Waals surface area contributed by atoms with Crippen LogP contribution in [0.4, 0.5) is 5.69 Å². The Morgan fingerprint density at radius 2 is 1.68 bits per heavy atom. The lowest BCUT2D eigenvalue weighted by Crippen LogP contribution is -2.35. The minimum absolute atomic E-state index is 0.154. The van der Waals surface area contributed by atoms with Gasteiger partial charge in [-0.2, -0.15) is 0 Å². The fourth-order valence-corrected chi connectivity index (χ4v) is 4.00. The maximum atomic E-state index is 12.9. The maximum absolute atomic E-state index is 12.9. The molecule has 0 aliphatic rings. The molecule has 0 amide bonds. The molecule has 2 N–H and O–H groups in total. The van der Waals surface area contributed by atoms with Crippen LogP contribution in [0.1, 0.15) is 16.7 Å². The van der Waals surface area contributed by atoms with Crippen LogP contribution in [0, 0.1) is 6.92 Å². The quantitative estimate of drug-likeness (QED) is 0.357. The van der Waals surface area contributed by atoms with Crippen molar-refractivity contribution in [3.63, 3.8) is 0 Å². The van der Waals surface area contributed by atoms with E-state index in [4.69, 9.17) is 21.7 Å². The van der Waals surface area contributed by atoms with E-state index >= 15 is 0 Å². The largest absolute Gasteiger partial charge is 0.497 e. The van der Waals surface area contributed by atoms with E-state index in [1.807, 2.05) is 84.6 Å². The Kier molecular flexibility index (Phi) is 7.13. The van der Waals surface area contributed by atoms with Crippen LogP contribution in [0.3, 0.4) is 0 Å². The van der Waals surface area contributed by atoms with Crippen molar-refractivity contribution in [2.75, 3.05) is 19.5 Å². The molecule has 1 aromatic heterocycles. The number of nitrogens with zero attached hydrogens (tertiary/aromatic N) is 1. The number of aryl methyl sites for hydroxylation is 1. The van der Waals surface area contributed by atoms with Gasteiger partial charge in [-0.1, -0.05) is 24.3 Å². The number of anilines is 1. The highest BCUT2D eigenvalue weighted by Gasteiger charge is 2.15. The molecule has 0 atom stereocenters. The van der Waals surface area contributed by atoms with E-state index in [-0.39, 0.29) is 5.56 Å². The fourth-order valence-electron chi connectivity index (χ4n) is 3.75. The molecule has 4 rings (SSSR count). The second kappa shape index (κ2) is 10.4. The minimum atomic E-state index is -0.154. The molecule has 1 heterocycles. The molecule has 0 bridgehead atoms. The number of ether oxygens (including phenoxy) is 2. The van der Waals surface area contributed by atoms with Crippen LogP contribution in [-0.2, 0) is 13.1 Å². The van der Waals surface area contributed by atoms with Gasteiger partial charge in [0.05, 0.1) is 26.3 Å². The highest BCUT2D eigenvalue weighted by Crippen LogP contribution is 2.20. The number of H-pyrrole nitrogens is 1. The molecular weight excluding hydrogens is 446 g/mol. The van der Waals surface area contributed by atoms with E-state index in [2.05, 4.69) is 10.3 Å². The molecule has 34 heavy (non-hydrogen) atoms. The van der Waals surface area contributed by atoms with Crippen molar-refractivity contribution in [1.82, 2.24) is 9.88 Å². The summed E-state index contributed by atoms with van der Waals surface area (Å²) >= 11 is 5.78. The summed E-state index contributed by atoms with van der Waals surface area (Å²) in [5.41, 5.74) is 4.30. The van der Waals surface area contributed by atoms with Crippen molar-refractivity contribution in [2.45, 2.75) is 20.0 Å². The maximum Gasteiger partial charge on any atom is 0.253 e. The number of thiocarbonyl (C=S) groups is 1. The zero-order valence-electron chi connectivity index (χ0n) is 19.4. The Morgan fingerprint density at radius 3 is 2.38 bits per heavy atom. The normalized spacial score (nSPS) is 10.7. The molecular formula is C27H27N3O3S. The number of hydrogen-bond acceptors (Lipinski definition) is 4. The summed E-state index contributed by atoms with van der Waals surface area (Å²) < 4.78 is 10.5. The van der Waals surface area contributed by atoms with E-state index in [9.17, 15) is 4.79 Å². The Hall–Kier alpha value is -3.84. The van der Waals surface area contributed by atoms with E-state index in [1.165, 1.54) is 0 Å². The van der Waals surface area contributed by atoms with Crippen LogP contribution in [0.25, 0.3) is 10.9 Å². The summed E-state index contributed by atoms with van der Waals surface area (Å²) in [4.78, 5) is 17.9. The second-order valence-corrected chi connectivity index (χ2v) is 8.47. The molecule has 6 nitrogen and oxygen atoms in total. The molecule has 0 saturated heterocycles. The van der Waals surface area contributed by atoms with Crippen molar-refractivity contribution in [3.8, 4) is 11.5 Å². The van der Waals surface area contributed by atoms with Crippen molar-refractivity contribution >= 4 is 33.9 Å². The fraction of sp³-hybridized carbons (Fsp3) is 0.185. The summed E-state index contributed by atoms with van der Waals surface area (Å²) in [5.74, 6) is 1.48. The molecule has 7 heteroatoms. The van der Waals surface area contributed by atoms with E-state index in [1.54, 1.807) is 14.2 Å². The molecule has 174 valence electrons. The van der Waals surface area contributed by atoms with Crippen molar-refractivity contribution in [1.29, 1.82) is 0 Å². The van der Waals surface area contributed by atoms with Crippen LogP contribution in [0.5, 0.6) is 11.5 Å². The average Bonchev–Trinajstić information content (AvgIpc) is 2.84. The van der Waals surface area contributed by atoms with Gasteiger partial charge in [-0.3, -0.25) is 4.79 Å². The van der Waals surface area contributed by atoms with Gasteiger partial charge in [0.2, 0.25) is 0 Å². The van der Waals surface area contributed by atoms with Gasteiger partial charge >= 0.3 is 0 Å². The lowest BCUT2D eigenvalue weighted by atomic mass is 10.1. The average molecular weight is 474 g/mol. The monoisotopic (exact) mass is 473 g/mol. The van der Waals surface area contributed by atoms with E-state index in [0.29, 0.717) is 29.5 Å². The number of nitrogens with one attached hydrogen (secondary N) is 2. The van der Waals surface area contributed by atoms with Crippen LogP contribution in [0.15, 0.2) is 77.6 Å². The SMILES string of the molecule is COc1ccc(CN(Cc2cc3ccc(OC)cc3[nH]c2=O)C(=S)Nc2cccc(C)c2)cc1. The lowest BCUT2D eigenvalue weighted by Gasteiger charge is -2.26. The number of benzene rings is 3. The molecule has 0 radical (unpaired) electrons. The third kappa shape index (κ3) is 5.55. The number of methoxy groups -OCH3 is 2. The van der Waals surface area contributed by atoms with Gasteiger partial charge in [-0.15, -0.1) is 0 Å². The number of aromatic nitrogens is 1. The summed E-state index contributed by atoms with van der Waals surface area (Å²) in [6.45, 7) is 2.91. The molecule has 0 saturated carbocycles. The van der Waals surface area contributed by atoms with Crippen molar-refractivity contribution in [3.05, 3.63) is 99.8 Å². The van der Waals surface area contributed by atoms with E-state index in [0.717, 1.165) is 33.5 Å². The molecule has 0 unspecified atom stereocenters. The Balaban J connectivity index is 1.64. The first-order valence-corrected chi connectivity index (χ1v) is 11.3. The van der Waals surface area contributed by atoms with Gasteiger partial charge in [0.15, 0.2) is 5.11 Å². The molecule has 0 aliphatic carbocycles. The van der Waals surface area contributed by atoms with Gasteiger partial charge in [0, 0.05) is 23.9 Å². The number of pyridine rings is 1. The Bertz CT molecular complexity index is 1370. The molecule has 0 spiro atoms. The predicted octanol–water partition coefficient (Wildman–Crippen LogP) is 5.25. The Morgan fingerprint density at radius 1 is 0.941 bits per heavy atom. The van der Waals surface area contributed by atoms with Crippen LogP contribution in [0.2, 0.25) is 0 Å². The lowest BCUT2D eigenvalue weighted by molar-refractivity contribution is 0.406. The highest BCUT2D eigenvalue weighted by molar-refractivity contribution is 7.80. The molecule has 0 aliphatic heterocycles. The smallest absolute Gasteiger partial charge is 0.253 e. The molecule has 4 aromatic rings. The zero-order valence-corrected chi connectivity index (χ0v) is 20.2. The summed E-state index contributed by atoms with van der Waals surface area (Å²) in [6.07, 6.45) is 0. The summed E-state index contributed by atoms with van der Waals surface area (Å²) in [6, 6.07) is 23.4. The number of hydrogen-bond donors (Lipinski definition) is 2. The first-order valence-electron chi connectivity index (χ1n) is 10.9. The third-order valence-electron chi connectivity index (χ3n) is 5.58. The highest BCUT2D eigenvalue weighted by atomic mass is 32.1. The predicted molar refractivity (Wildman–Crippen MR) is 141 cm³/mol. The molecule has 0 fully saturated rings. The van der Waals surface area contributed by atoms with Gasteiger partial charge in [-0.05, 0) is 78.1 Å². The number of aromatic amines is 1. The van der Waals surface area contributed by atoms with Gasteiger partial charge < -0.3 is 24.7 Å². The van der Waals surface area contributed by atoms with Crippen LogP contribution in [-0.4, -0.2) is 29.2 Å². The standard InChI is InChI=1S/C27H27N3O3S/c1-18-5-4-6-22(13-18)28-27(34)30(16-19-7-10-23(32-2)11-8-19)17-21-14-20-9-12-24(33-3)15-25(20)29-26(21)31/h4-15H,16-17H2,1-3H3,(H,28,34)(H,29,31). The van der Waals surface area contributed by atoms with Crippen molar-refractivity contribution < 1.29 is 9.47 Å². The number of rotatable bonds is 7. The van der Waals surface area contributed by atoms with Crippen LogP contribution < -0.4 is 20.3 Å². The van der Waals surface area contributed by atoms with Gasteiger partial charge in [0.1, 0.15) is 11.5 Å². The summed E-state index contributed by atoms with van der Waals surface area (Å²) in [5, 5.41) is 4.79. The number of fused-ring (bicyclic) bond motifs is 1. The first kappa shape index (κ1) is 23.3.